The van der Waals surface area contributed by atoms with Gasteiger partial charge in [-0.2, -0.15) is 0 Å². The molecule has 15 heavy (non-hydrogen) atoms. The molecular weight excluding hydrogens is 204 g/mol. The minimum Gasteiger partial charge on any atom is -0.325 e. The molecule has 0 bridgehead atoms. The van der Waals surface area contributed by atoms with E-state index in [1.165, 1.54) is 23.1 Å². The summed E-state index contributed by atoms with van der Waals surface area (Å²) in [5, 5.41) is 0. The molecule has 2 aromatic rings. The molecule has 1 aromatic carbocycles. The van der Waals surface area contributed by atoms with Gasteiger partial charge < -0.3 is 5.73 Å². The normalized spacial score (nSPS) is 18.2. The van der Waals surface area contributed by atoms with Gasteiger partial charge in [0.15, 0.2) is 0 Å². The highest BCUT2D eigenvalue weighted by Crippen LogP contribution is 2.36. The van der Waals surface area contributed by atoms with E-state index in [9.17, 15) is 0 Å². The van der Waals surface area contributed by atoms with E-state index in [0.29, 0.717) is 0 Å². The van der Waals surface area contributed by atoms with E-state index in [-0.39, 0.29) is 5.54 Å². The molecule has 0 saturated heterocycles. The average Bonchev–Trinajstić information content (AvgIpc) is 2.80. The number of hydrogen-bond acceptors (Lipinski definition) is 3. The average molecular weight is 218 g/mol. The summed E-state index contributed by atoms with van der Waals surface area (Å²) in [6.07, 6.45) is 4.63. The first-order valence-corrected chi connectivity index (χ1v) is 6.24. The van der Waals surface area contributed by atoms with Crippen molar-refractivity contribution in [2.45, 2.75) is 31.2 Å². The zero-order valence-corrected chi connectivity index (χ0v) is 9.39. The third-order valence-electron chi connectivity index (χ3n) is 3.20. The number of thiazole rings is 1. The molecule has 0 amide bonds. The Labute approximate surface area is 93.1 Å². The number of aromatic nitrogens is 1. The maximum absolute atomic E-state index is 6.08. The molecule has 0 spiro atoms. The topological polar surface area (TPSA) is 38.9 Å². The molecule has 3 rings (SSSR count). The zero-order chi connectivity index (χ0) is 10.3. The van der Waals surface area contributed by atoms with Crippen molar-refractivity contribution in [3.8, 4) is 0 Å². The molecular formula is C12H14N2S. The first-order valence-electron chi connectivity index (χ1n) is 5.36. The molecule has 0 radical (unpaired) electrons. The Balaban J connectivity index is 1.78. The number of fused-ring (bicyclic) bond motifs is 1. The van der Waals surface area contributed by atoms with Crippen LogP contribution in [0.5, 0.6) is 0 Å². The third kappa shape index (κ3) is 1.90. The summed E-state index contributed by atoms with van der Waals surface area (Å²) in [5.74, 6) is 0. The number of aryl methyl sites for hydroxylation is 1. The van der Waals surface area contributed by atoms with Gasteiger partial charge in [0.1, 0.15) is 0 Å². The second-order valence-corrected chi connectivity index (χ2v) is 5.40. The Hall–Kier alpha value is -0.930. The van der Waals surface area contributed by atoms with Crippen LogP contribution in [-0.4, -0.2) is 10.5 Å². The predicted molar refractivity (Wildman–Crippen MR) is 64.1 cm³/mol. The van der Waals surface area contributed by atoms with Crippen molar-refractivity contribution < 1.29 is 0 Å². The summed E-state index contributed by atoms with van der Waals surface area (Å²) >= 11 is 1.71. The van der Waals surface area contributed by atoms with Crippen LogP contribution in [0.25, 0.3) is 10.2 Å². The number of nitrogens with zero attached hydrogens (tertiary/aromatic N) is 1. The SMILES string of the molecule is NC1(CCc2ccc3ncsc3c2)CC1. The largest absolute Gasteiger partial charge is 0.325 e. The van der Waals surface area contributed by atoms with Crippen molar-refractivity contribution in [3.05, 3.63) is 29.3 Å². The summed E-state index contributed by atoms with van der Waals surface area (Å²) in [4.78, 5) is 4.27. The first-order chi connectivity index (χ1) is 7.25. The lowest BCUT2D eigenvalue weighted by Crippen LogP contribution is -2.21. The zero-order valence-electron chi connectivity index (χ0n) is 8.57. The molecule has 78 valence electrons. The molecule has 1 saturated carbocycles. The molecule has 3 heteroatoms. The standard InChI is InChI=1S/C12H14N2S/c13-12(5-6-12)4-3-9-1-2-10-11(7-9)15-8-14-10/h1-2,7-8H,3-6,13H2. The predicted octanol–water partition coefficient (Wildman–Crippen LogP) is 2.72. The van der Waals surface area contributed by atoms with Gasteiger partial charge in [-0.05, 0) is 43.4 Å². The summed E-state index contributed by atoms with van der Waals surface area (Å²) in [6.45, 7) is 0. The van der Waals surface area contributed by atoms with E-state index in [0.717, 1.165) is 18.4 Å². The van der Waals surface area contributed by atoms with Gasteiger partial charge in [0.2, 0.25) is 0 Å². The molecule has 1 heterocycles. The van der Waals surface area contributed by atoms with Gasteiger partial charge in [0.05, 0.1) is 15.7 Å². The molecule has 0 atom stereocenters. The summed E-state index contributed by atoms with van der Waals surface area (Å²) in [6, 6.07) is 6.53. The summed E-state index contributed by atoms with van der Waals surface area (Å²) in [7, 11) is 0. The second kappa shape index (κ2) is 3.29. The van der Waals surface area contributed by atoms with Gasteiger partial charge in [0.25, 0.3) is 0 Å². The van der Waals surface area contributed by atoms with Crippen LogP contribution < -0.4 is 5.73 Å². The highest BCUT2D eigenvalue weighted by atomic mass is 32.1. The molecule has 2 nitrogen and oxygen atoms in total. The van der Waals surface area contributed by atoms with Gasteiger partial charge >= 0.3 is 0 Å². The van der Waals surface area contributed by atoms with Crippen molar-refractivity contribution in [3.63, 3.8) is 0 Å². The van der Waals surface area contributed by atoms with Gasteiger partial charge in [-0.3, -0.25) is 0 Å². The van der Waals surface area contributed by atoms with Crippen LogP contribution in [0.4, 0.5) is 0 Å². The quantitative estimate of drug-likeness (QED) is 0.860. The van der Waals surface area contributed by atoms with Gasteiger partial charge in [0, 0.05) is 5.54 Å². The Bertz CT molecular complexity index is 485. The Morgan fingerprint density at radius 2 is 2.27 bits per heavy atom. The van der Waals surface area contributed by atoms with Crippen LogP contribution in [0, 0.1) is 0 Å². The van der Waals surface area contributed by atoms with Crippen molar-refractivity contribution in [2.75, 3.05) is 0 Å². The summed E-state index contributed by atoms with van der Waals surface area (Å²) in [5.41, 5.74) is 10.7. The number of benzene rings is 1. The highest BCUT2D eigenvalue weighted by molar-refractivity contribution is 7.16. The molecule has 2 N–H and O–H groups in total. The maximum atomic E-state index is 6.08. The maximum Gasteiger partial charge on any atom is 0.0812 e. The van der Waals surface area contributed by atoms with Crippen LogP contribution in [-0.2, 0) is 6.42 Å². The van der Waals surface area contributed by atoms with E-state index in [1.807, 2.05) is 5.51 Å². The minimum absolute atomic E-state index is 0.169. The minimum atomic E-state index is 0.169. The van der Waals surface area contributed by atoms with Crippen LogP contribution in [0.3, 0.4) is 0 Å². The molecule has 1 aromatic heterocycles. The van der Waals surface area contributed by atoms with E-state index >= 15 is 0 Å². The fourth-order valence-corrected chi connectivity index (χ4v) is 2.60. The molecule has 0 aliphatic heterocycles. The van der Waals surface area contributed by atoms with Crippen LogP contribution in [0.15, 0.2) is 23.7 Å². The van der Waals surface area contributed by atoms with E-state index < -0.39 is 0 Å². The molecule has 1 aliphatic rings. The van der Waals surface area contributed by atoms with Crippen LogP contribution in [0.1, 0.15) is 24.8 Å². The summed E-state index contributed by atoms with van der Waals surface area (Å²) < 4.78 is 1.29. The third-order valence-corrected chi connectivity index (χ3v) is 3.99. The molecule has 1 fully saturated rings. The van der Waals surface area contributed by atoms with Gasteiger partial charge in [-0.25, -0.2) is 4.98 Å². The smallest absolute Gasteiger partial charge is 0.0812 e. The molecule has 1 aliphatic carbocycles. The van der Waals surface area contributed by atoms with Gasteiger partial charge in [-0.15, -0.1) is 11.3 Å². The lowest BCUT2D eigenvalue weighted by Gasteiger charge is -2.07. The van der Waals surface area contributed by atoms with Crippen molar-refractivity contribution in [1.82, 2.24) is 4.98 Å². The highest BCUT2D eigenvalue weighted by Gasteiger charge is 2.37. The lowest BCUT2D eigenvalue weighted by molar-refractivity contribution is 0.609. The van der Waals surface area contributed by atoms with E-state index in [4.69, 9.17) is 5.73 Å². The van der Waals surface area contributed by atoms with Crippen molar-refractivity contribution in [1.29, 1.82) is 0 Å². The van der Waals surface area contributed by atoms with Crippen molar-refractivity contribution in [2.24, 2.45) is 5.73 Å². The Morgan fingerprint density at radius 3 is 3.07 bits per heavy atom. The lowest BCUT2D eigenvalue weighted by atomic mass is 10.0. The fourth-order valence-electron chi connectivity index (χ4n) is 1.86. The Morgan fingerprint density at radius 1 is 1.40 bits per heavy atom. The van der Waals surface area contributed by atoms with Crippen LogP contribution in [0.2, 0.25) is 0 Å². The number of nitrogens with two attached hydrogens (primary N) is 1. The van der Waals surface area contributed by atoms with Gasteiger partial charge in [-0.1, -0.05) is 6.07 Å². The van der Waals surface area contributed by atoms with Crippen LogP contribution >= 0.6 is 11.3 Å². The number of rotatable bonds is 3. The van der Waals surface area contributed by atoms with Crippen molar-refractivity contribution >= 4 is 21.6 Å². The Kier molecular flexibility index (Phi) is 2.04. The van der Waals surface area contributed by atoms with E-state index in [2.05, 4.69) is 23.2 Å². The number of hydrogen-bond donors (Lipinski definition) is 1. The van der Waals surface area contributed by atoms with E-state index in [1.54, 1.807) is 11.3 Å². The second-order valence-electron chi connectivity index (χ2n) is 4.52. The molecule has 0 unspecified atom stereocenters. The first kappa shape index (κ1) is 9.31. The monoisotopic (exact) mass is 218 g/mol. The fraction of sp³-hybridized carbons (Fsp3) is 0.417.